The number of carbonyl (C=O) groups excluding carboxylic acids is 2. The highest BCUT2D eigenvalue weighted by molar-refractivity contribution is 6.30. The highest BCUT2D eigenvalue weighted by Gasteiger charge is 2.51. The molecule has 0 bridgehead atoms. The molecule has 2 aromatic rings. The van der Waals surface area contributed by atoms with Crippen LogP contribution >= 0.6 is 11.6 Å². The van der Waals surface area contributed by atoms with Crippen LogP contribution in [0, 0.1) is 5.82 Å². The van der Waals surface area contributed by atoms with Crippen LogP contribution < -0.4 is 21.7 Å². The van der Waals surface area contributed by atoms with Crippen molar-refractivity contribution in [2.24, 2.45) is 10.7 Å². The van der Waals surface area contributed by atoms with Crippen molar-refractivity contribution in [3.05, 3.63) is 77.1 Å². The van der Waals surface area contributed by atoms with E-state index in [1.165, 1.54) is 18.5 Å². The largest absolute Gasteiger partial charge is 0.418 e. The van der Waals surface area contributed by atoms with Gasteiger partial charge in [0.05, 0.1) is 40.9 Å². The van der Waals surface area contributed by atoms with Gasteiger partial charge in [-0.15, -0.1) is 0 Å². The van der Waals surface area contributed by atoms with Gasteiger partial charge in [0.25, 0.3) is 5.91 Å². The van der Waals surface area contributed by atoms with E-state index in [0.717, 1.165) is 30.6 Å². The predicted octanol–water partition coefficient (Wildman–Crippen LogP) is 3.96. The van der Waals surface area contributed by atoms with E-state index >= 15 is 0 Å². The van der Waals surface area contributed by atoms with Crippen LogP contribution in [0.5, 0.6) is 0 Å². The second-order valence-electron chi connectivity index (χ2n) is 7.77. The average Bonchev–Trinajstić information content (AvgIpc) is 3.60. The first-order valence-corrected chi connectivity index (χ1v) is 10.8. The number of hydrogen-bond acceptors (Lipinski definition) is 6. The molecule has 2 amide bonds. The molecule has 13 heteroatoms. The molecule has 1 aromatic heterocycles. The highest BCUT2D eigenvalue weighted by Crippen LogP contribution is 2.38. The van der Waals surface area contributed by atoms with Crippen LogP contribution in [-0.2, 0) is 22.3 Å². The second-order valence-corrected chi connectivity index (χ2v) is 8.20. The van der Waals surface area contributed by atoms with Crippen LogP contribution in [0.1, 0.15) is 24.1 Å². The van der Waals surface area contributed by atoms with Gasteiger partial charge in [-0.25, -0.2) is 4.39 Å². The third kappa shape index (κ3) is 6.39. The third-order valence-electron chi connectivity index (χ3n) is 5.20. The van der Waals surface area contributed by atoms with Crippen LogP contribution in [-0.4, -0.2) is 28.6 Å². The Hall–Kier alpha value is -3.93. The molecule has 1 heterocycles. The molecule has 1 aliphatic rings. The zero-order valence-electron chi connectivity index (χ0n) is 18.6. The van der Waals surface area contributed by atoms with Crippen molar-refractivity contribution in [3.8, 4) is 0 Å². The van der Waals surface area contributed by atoms with Gasteiger partial charge in [0, 0.05) is 29.7 Å². The van der Waals surface area contributed by atoms with E-state index in [1.807, 2.05) is 0 Å². The molecule has 0 spiro atoms. The van der Waals surface area contributed by atoms with Gasteiger partial charge in [-0.3, -0.25) is 19.6 Å². The monoisotopic (exact) mass is 524 g/mol. The minimum atomic E-state index is -4.68. The minimum Gasteiger partial charge on any atom is -0.404 e. The Morgan fingerprint density at radius 3 is 2.58 bits per heavy atom. The molecule has 5 N–H and O–H groups in total. The van der Waals surface area contributed by atoms with Gasteiger partial charge in [0.2, 0.25) is 5.91 Å². The highest BCUT2D eigenvalue weighted by atomic mass is 35.5. The Morgan fingerprint density at radius 2 is 2.00 bits per heavy atom. The zero-order valence-corrected chi connectivity index (χ0v) is 19.4. The summed E-state index contributed by atoms with van der Waals surface area (Å²) in [4.78, 5) is 32.6. The van der Waals surface area contributed by atoms with Gasteiger partial charge in [-0.2, -0.15) is 13.2 Å². The molecule has 0 saturated heterocycles. The summed E-state index contributed by atoms with van der Waals surface area (Å²) in [7, 11) is 0. The summed E-state index contributed by atoms with van der Waals surface area (Å²) in [6, 6.07) is 4.09. The number of halogens is 5. The normalized spacial score (nSPS) is 14.9. The number of hydrogen-bond donors (Lipinski definition) is 4. The number of anilines is 2. The maximum atomic E-state index is 14.6. The summed E-state index contributed by atoms with van der Waals surface area (Å²) in [5.41, 5.74) is 2.73. The number of aliphatic imine (C=N–C) groups is 1. The number of benzene rings is 1. The molecule has 1 fully saturated rings. The van der Waals surface area contributed by atoms with Crippen molar-refractivity contribution in [3.63, 3.8) is 0 Å². The van der Waals surface area contributed by atoms with Gasteiger partial charge in [0.15, 0.2) is 0 Å². The maximum absolute atomic E-state index is 14.6. The first kappa shape index (κ1) is 26.7. The molecule has 3 rings (SSSR count). The minimum absolute atomic E-state index is 0.0270. The Labute approximate surface area is 208 Å². The first-order chi connectivity index (χ1) is 17.0. The summed E-state index contributed by atoms with van der Waals surface area (Å²) in [5.74, 6) is -2.02. The summed E-state index contributed by atoms with van der Waals surface area (Å²) in [5, 5.41) is 7.47. The van der Waals surface area contributed by atoms with Gasteiger partial charge < -0.3 is 21.7 Å². The molecule has 190 valence electrons. The van der Waals surface area contributed by atoms with E-state index in [1.54, 1.807) is 0 Å². The van der Waals surface area contributed by atoms with Crippen molar-refractivity contribution < 1.29 is 27.2 Å². The maximum Gasteiger partial charge on any atom is 0.418 e. The van der Waals surface area contributed by atoms with Crippen molar-refractivity contribution in [1.29, 1.82) is 0 Å². The lowest BCUT2D eigenvalue weighted by Gasteiger charge is -2.18. The van der Waals surface area contributed by atoms with Crippen molar-refractivity contribution in [2.45, 2.75) is 31.1 Å². The number of carbonyl (C=O) groups is 2. The summed E-state index contributed by atoms with van der Waals surface area (Å²) >= 11 is 5.66. The van der Waals surface area contributed by atoms with Gasteiger partial charge in [-0.05, 0) is 31.0 Å². The molecular weight excluding hydrogens is 504 g/mol. The van der Waals surface area contributed by atoms with Gasteiger partial charge in [0.1, 0.15) is 11.4 Å². The van der Waals surface area contributed by atoms with Crippen LogP contribution in [0.4, 0.5) is 28.9 Å². The van der Waals surface area contributed by atoms with Crippen molar-refractivity contribution >= 4 is 41.0 Å². The van der Waals surface area contributed by atoms with E-state index in [0.29, 0.717) is 12.8 Å². The van der Waals surface area contributed by atoms with E-state index in [-0.39, 0.29) is 34.2 Å². The van der Waals surface area contributed by atoms with Crippen LogP contribution in [0.25, 0.3) is 0 Å². The standard InChI is InChI=1S/C23H21ClF4N6O2/c1-2-30-10-13(9-29)20(35)34-22(5-6-22)21(36)32-12-19-17(25)8-15(11-31-19)33-18-4-3-14(24)7-16(18)23(26,27)28/h2-4,7-11,33H,1,5-6,12,29H2,(H,32,36)(H,34,35)/b13-9+,30-10-. The lowest BCUT2D eigenvalue weighted by molar-refractivity contribution is -0.137. The van der Waals surface area contributed by atoms with E-state index in [4.69, 9.17) is 17.3 Å². The Kier molecular flexibility index (Phi) is 7.98. The molecule has 1 aromatic carbocycles. The number of nitrogens with two attached hydrogens (primary N) is 1. The molecular formula is C23H21ClF4N6O2. The quantitative estimate of drug-likeness (QED) is 0.225. The molecule has 0 aliphatic heterocycles. The fourth-order valence-corrected chi connectivity index (χ4v) is 3.32. The average molecular weight is 525 g/mol. The molecule has 8 nitrogen and oxygen atoms in total. The fourth-order valence-electron chi connectivity index (χ4n) is 3.15. The zero-order chi connectivity index (χ0) is 26.5. The van der Waals surface area contributed by atoms with E-state index in [2.05, 4.69) is 32.5 Å². The van der Waals surface area contributed by atoms with Crippen molar-refractivity contribution in [2.75, 3.05) is 5.32 Å². The molecule has 36 heavy (non-hydrogen) atoms. The number of nitrogens with zero attached hydrogens (tertiary/aromatic N) is 2. The van der Waals surface area contributed by atoms with E-state index in [9.17, 15) is 27.2 Å². The van der Waals surface area contributed by atoms with Crippen LogP contribution in [0.2, 0.25) is 5.02 Å². The molecule has 0 atom stereocenters. The lowest BCUT2D eigenvalue weighted by Crippen LogP contribution is -2.49. The Bertz CT molecular complexity index is 1240. The van der Waals surface area contributed by atoms with Crippen LogP contribution in [0.3, 0.4) is 0 Å². The third-order valence-corrected chi connectivity index (χ3v) is 5.43. The second kappa shape index (κ2) is 10.8. The number of amides is 2. The number of alkyl halides is 3. The molecule has 0 unspecified atom stereocenters. The summed E-state index contributed by atoms with van der Waals surface area (Å²) < 4.78 is 54.4. The molecule has 0 radical (unpaired) electrons. The summed E-state index contributed by atoms with van der Waals surface area (Å²) in [6.45, 7) is 3.08. The predicted molar refractivity (Wildman–Crippen MR) is 127 cm³/mol. The van der Waals surface area contributed by atoms with Gasteiger partial charge >= 0.3 is 6.18 Å². The topological polar surface area (TPSA) is 121 Å². The Morgan fingerprint density at radius 1 is 1.28 bits per heavy atom. The molecule has 1 aliphatic carbocycles. The van der Waals surface area contributed by atoms with E-state index < -0.39 is 34.9 Å². The van der Waals surface area contributed by atoms with Crippen molar-refractivity contribution in [1.82, 2.24) is 15.6 Å². The Balaban J connectivity index is 1.65. The SMILES string of the molecule is C=C/N=C\C(=C/N)C(=O)NC1(C(=O)NCc2ncc(Nc3ccc(Cl)cc3C(F)(F)F)cc2F)CC1. The van der Waals surface area contributed by atoms with Crippen LogP contribution in [0.15, 0.2) is 60.0 Å². The number of pyridine rings is 1. The number of rotatable bonds is 9. The smallest absolute Gasteiger partial charge is 0.404 e. The first-order valence-electron chi connectivity index (χ1n) is 10.4. The summed E-state index contributed by atoms with van der Waals surface area (Å²) in [6.07, 6.45) is 0.607. The van der Waals surface area contributed by atoms with Gasteiger partial charge in [-0.1, -0.05) is 18.2 Å². The lowest BCUT2D eigenvalue weighted by atomic mass is 10.1. The fraction of sp³-hybridized carbons (Fsp3) is 0.217. The number of aromatic nitrogens is 1. The number of nitrogens with one attached hydrogen (secondary N) is 3. The molecule has 1 saturated carbocycles.